The number of fused-ring (bicyclic) bond motifs is 1. The van der Waals surface area contributed by atoms with Crippen molar-refractivity contribution in [3.05, 3.63) is 24.3 Å². The number of nitrogens with zero attached hydrogens (tertiary/aromatic N) is 1. The van der Waals surface area contributed by atoms with Gasteiger partial charge in [0.15, 0.2) is 0 Å². The van der Waals surface area contributed by atoms with Crippen molar-refractivity contribution in [3.8, 4) is 0 Å². The molecule has 10 nitrogen and oxygen atoms in total. The third kappa shape index (κ3) is 13.7. The molecular weight excluding hydrogens is 348 g/mol. The number of carboxylic acid groups (broad SMARTS) is 4. The molecular formula is C16H24N2O8. The molecule has 2 aliphatic rings. The van der Waals surface area contributed by atoms with Gasteiger partial charge >= 0.3 is 23.9 Å². The van der Waals surface area contributed by atoms with Crippen LogP contribution in [0.1, 0.15) is 19.3 Å². The number of piperazine rings is 1. The van der Waals surface area contributed by atoms with Crippen LogP contribution in [-0.2, 0) is 19.2 Å². The second kappa shape index (κ2) is 13.6. The summed E-state index contributed by atoms with van der Waals surface area (Å²) in [6.07, 6.45) is 6.53. The lowest BCUT2D eigenvalue weighted by molar-refractivity contribution is -0.134. The summed E-state index contributed by atoms with van der Waals surface area (Å²) in [6.45, 7) is 5.08. The maximum Gasteiger partial charge on any atom is 0.328 e. The highest BCUT2D eigenvalue weighted by Gasteiger charge is 2.23. The molecule has 0 radical (unpaired) electrons. The van der Waals surface area contributed by atoms with Gasteiger partial charge < -0.3 is 25.7 Å². The van der Waals surface area contributed by atoms with E-state index < -0.39 is 23.9 Å². The SMILES string of the molecule is C1CCN2CCNCC2C1.O=C(O)/C=C/C(=O)O.O=C(O)/C=C/C(=O)O. The minimum absolute atomic E-state index is 0.558. The Balaban J connectivity index is 0.000000366. The van der Waals surface area contributed by atoms with Crippen LogP contribution in [0.3, 0.4) is 0 Å². The second-order valence-corrected chi connectivity index (χ2v) is 5.41. The first kappa shape index (κ1) is 23.3. The summed E-state index contributed by atoms with van der Waals surface area (Å²) >= 11 is 0. The largest absolute Gasteiger partial charge is 0.478 e. The molecule has 2 fully saturated rings. The van der Waals surface area contributed by atoms with Gasteiger partial charge in [-0.3, -0.25) is 4.90 Å². The van der Waals surface area contributed by atoms with Gasteiger partial charge in [0.2, 0.25) is 0 Å². The Bertz CT molecular complexity index is 452. The highest BCUT2D eigenvalue weighted by atomic mass is 16.4. The quantitative estimate of drug-likeness (QED) is 0.420. The van der Waals surface area contributed by atoms with Crippen molar-refractivity contribution in [1.82, 2.24) is 10.2 Å². The van der Waals surface area contributed by atoms with Gasteiger partial charge in [0.1, 0.15) is 0 Å². The number of carboxylic acids is 4. The molecule has 2 rings (SSSR count). The highest BCUT2D eigenvalue weighted by molar-refractivity contribution is 5.90. The number of nitrogens with one attached hydrogen (secondary N) is 1. The Morgan fingerprint density at radius 2 is 1.23 bits per heavy atom. The van der Waals surface area contributed by atoms with Crippen LogP contribution >= 0.6 is 0 Å². The van der Waals surface area contributed by atoms with E-state index in [1.165, 1.54) is 45.4 Å². The first-order chi connectivity index (χ1) is 12.2. The van der Waals surface area contributed by atoms with Gasteiger partial charge in [-0.05, 0) is 19.4 Å². The number of carbonyl (C=O) groups is 4. The minimum atomic E-state index is -1.26. The van der Waals surface area contributed by atoms with E-state index in [4.69, 9.17) is 20.4 Å². The summed E-state index contributed by atoms with van der Waals surface area (Å²) in [6, 6.07) is 0.877. The van der Waals surface area contributed by atoms with E-state index in [1.807, 2.05) is 0 Å². The molecule has 0 spiro atoms. The van der Waals surface area contributed by atoms with Gasteiger partial charge in [-0.2, -0.15) is 0 Å². The topological polar surface area (TPSA) is 164 Å². The summed E-state index contributed by atoms with van der Waals surface area (Å²) in [5.74, 6) is -5.03. The molecule has 0 bridgehead atoms. The lowest BCUT2D eigenvalue weighted by atomic mass is 10.0. The van der Waals surface area contributed by atoms with E-state index in [2.05, 4.69) is 10.2 Å². The van der Waals surface area contributed by atoms with Crippen LogP contribution in [0.5, 0.6) is 0 Å². The Morgan fingerprint density at radius 1 is 0.769 bits per heavy atom. The van der Waals surface area contributed by atoms with Gasteiger partial charge in [-0.1, -0.05) is 6.42 Å². The zero-order valence-corrected chi connectivity index (χ0v) is 14.2. The van der Waals surface area contributed by atoms with Crippen molar-refractivity contribution in [2.75, 3.05) is 26.2 Å². The zero-order chi connectivity index (χ0) is 19.9. The average molecular weight is 372 g/mol. The standard InChI is InChI=1S/C8H16N2.2C4H4O4/c1-2-5-10-6-4-9-7-8(10)3-1;2*5-3(6)1-2-4(7)8/h8-9H,1-7H2;2*1-2H,(H,5,6)(H,7,8)/b;2*2-1+. The summed E-state index contributed by atoms with van der Waals surface area (Å²) in [4.78, 5) is 40.9. The number of aliphatic carboxylic acids is 4. The number of hydrogen-bond acceptors (Lipinski definition) is 6. The van der Waals surface area contributed by atoms with Gasteiger partial charge in [0.25, 0.3) is 0 Å². The van der Waals surface area contributed by atoms with Gasteiger partial charge in [0.05, 0.1) is 0 Å². The van der Waals surface area contributed by atoms with Crippen LogP contribution in [0.2, 0.25) is 0 Å². The predicted octanol–water partition coefficient (Wildman–Crippen LogP) is -0.132. The predicted molar refractivity (Wildman–Crippen MR) is 90.9 cm³/mol. The average Bonchev–Trinajstić information content (AvgIpc) is 2.59. The van der Waals surface area contributed by atoms with E-state index in [9.17, 15) is 19.2 Å². The molecule has 0 aromatic heterocycles. The summed E-state index contributed by atoms with van der Waals surface area (Å²) in [5.41, 5.74) is 0. The smallest absolute Gasteiger partial charge is 0.328 e. The van der Waals surface area contributed by atoms with Crippen molar-refractivity contribution in [2.45, 2.75) is 25.3 Å². The fourth-order valence-electron chi connectivity index (χ4n) is 2.36. The van der Waals surface area contributed by atoms with Crippen LogP contribution in [-0.4, -0.2) is 81.4 Å². The Morgan fingerprint density at radius 3 is 1.62 bits per heavy atom. The molecule has 0 aromatic rings. The summed E-state index contributed by atoms with van der Waals surface area (Å²) in [7, 11) is 0. The van der Waals surface area contributed by atoms with Crippen molar-refractivity contribution < 1.29 is 39.6 Å². The number of piperidine rings is 1. The van der Waals surface area contributed by atoms with E-state index >= 15 is 0 Å². The summed E-state index contributed by atoms with van der Waals surface area (Å²) in [5, 5.41) is 34.7. The minimum Gasteiger partial charge on any atom is -0.478 e. The molecule has 2 aliphatic heterocycles. The van der Waals surface area contributed by atoms with Gasteiger partial charge in [0, 0.05) is 50.0 Å². The molecule has 0 aliphatic carbocycles. The van der Waals surface area contributed by atoms with E-state index in [1.54, 1.807) is 0 Å². The number of rotatable bonds is 4. The molecule has 0 amide bonds. The van der Waals surface area contributed by atoms with Crippen molar-refractivity contribution in [1.29, 1.82) is 0 Å². The summed E-state index contributed by atoms with van der Waals surface area (Å²) < 4.78 is 0. The van der Waals surface area contributed by atoms with E-state index in [0.29, 0.717) is 24.3 Å². The zero-order valence-electron chi connectivity index (χ0n) is 14.2. The highest BCUT2D eigenvalue weighted by Crippen LogP contribution is 2.17. The van der Waals surface area contributed by atoms with Crippen LogP contribution < -0.4 is 5.32 Å². The maximum atomic E-state index is 9.55. The van der Waals surface area contributed by atoms with Crippen molar-refractivity contribution in [3.63, 3.8) is 0 Å². The lowest BCUT2D eigenvalue weighted by Gasteiger charge is -2.39. The Kier molecular flexibility index (Phi) is 12.1. The molecule has 5 N–H and O–H groups in total. The van der Waals surface area contributed by atoms with Crippen LogP contribution in [0.15, 0.2) is 24.3 Å². The van der Waals surface area contributed by atoms with Gasteiger partial charge in [-0.15, -0.1) is 0 Å². The first-order valence-electron chi connectivity index (χ1n) is 7.95. The molecule has 2 saturated heterocycles. The molecule has 1 unspecified atom stereocenters. The van der Waals surface area contributed by atoms with E-state index in [0.717, 1.165) is 6.04 Å². The van der Waals surface area contributed by atoms with Gasteiger partial charge in [-0.25, -0.2) is 19.2 Å². The lowest BCUT2D eigenvalue weighted by Crippen LogP contribution is -2.53. The van der Waals surface area contributed by atoms with Crippen LogP contribution in [0.4, 0.5) is 0 Å². The third-order valence-electron chi connectivity index (χ3n) is 3.44. The fraction of sp³-hybridized carbons (Fsp3) is 0.500. The Labute approximate surface area is 150 Å². The molecule has 1 atom stereocenters. The normalized spacial score (nSPS) is 19.5. The Hall–Kier alpha value is -2.72. The fourth-order valence-corrected chi connectivity index (χ4v) is 2.36. The van der Waals surface area contributed by atoms with E-state index in [-0.39, 0.29) is 0 Å². The van der Waals surface area contributed by atoms with Crippen LogP contribution in [0, 0.1) is 0 Å². The molecule has 146 valence electrons. The molecule has 0 aromatic carbocycles. The maximum absolute atomic E-state index is 9.55. The molecule has 10 heteroatoms. The van der Waals surface area contributed by atoms with Crippen molar-refractivity contribution in [2.24, 2.45) is 0 Å². The number of hydrogen-bond donors (Lipinski definition) is 5. The monoisotopic (exact) mass is 372 g/mol. The molecule has 2 heterocycles. The first-order valence-corrected chi connectivity index (χ1v) is 7.95. The van der Waals surface area contributed by atoms with Crippen molar-refractivity contribution >= 4 is 23.9 Å². The second-order valence-electron chi connectivity index (χ2n) is 5.41. The molecule has 26 heavy (non-hydrogen) atoms. The molecule has 0 saturated carbocycles. The van der Waals surface area contributed by atoms with Crippen LogP contribution in [0.25, 0.3) is 0 Å². The third-order valence-corrected chi connectivity index (χ3v) is 3.44.